The molecule has 0 saturated carbocycles. The maximum atomic E-state index is 16.1. The summed E-state index contributed by atoms with van der Waals surface area (Å²) in [5, 5.41) is 18.6. The van der Waals surface area contributed by atoms with E-state index in [1.54, 1.807) is 64.5 Å². The van der Waals surface area contributed by atoms with Crippen molar-refractivity contribution in [2.45, 2.75) is 85.0 Å². The number of amides is 2. The van der Waals surface area contributed by atoms with Gasteiger partial charge in [0.15, 0.2) is 17.0 Å². The number of hydrogen-bond donors (Lipinski definition) is 4. The first kappa shape index (κ1) is 45.3. The van der Waals surface area contributed by atoms with Gasteiger partial charge >= 0.3 is 0 Å². The first-order valence-corrected chi connectivity index (χ1v) is 24.2. The molecule has 2 aromatic carbocycles. The monoisotopic (exact) mass is 971 g/mol. The van der Waals surface area contributed by atoms with E-state index in [9.17, 15) is 9.59 Å². The molecule has 19 heteroatoms. The van der Waals surface area contributed by atoms with Crippen LogP contribution in [0.4, 0.5) is 8.78 Å². The zero-order valence-electron chi connectivity index (χ0n) is 39.2. The van der Waals surface area contributed by atoms with Crippen LogP contribution in [0.3, 0.4) is 0 Å². The molecule has 4 N–H and O–H groups in total. The number of fused-ring (bicyclic) bond motifs is 3. The van der Waals surface area contributed by atoms with Gasteiger partial charge in [-0.15, -0.1) is 11.3 Å². The number of carbonyl (C=O) groups is 2. The quantitative estimate of drug-likeness (QED) is 0.0861. The molecule has 0 atom stereocenters. The maximum absolute atomic E-state index is 16.1. The summed E-state index contributed by atoms with van der Waals surface area (Å²) < 4.78 is 40.7. The van der Waals surface area contributed by atoms with Gasteiger partial charge in [0.05, 0.1) is 34.9 Å². The third-order valence-electron chi connectivity index (χ3n) is 12.7. The average molecular weight is 972 g/mol. The minimum Gasteiger partial charge on any atom is -0.360 e. The van der Waals surface area contributed by atoms with Crippen LogP contribution in [0.25, 0.3) is 67.4 Å². The molecular formula is C52H47F2N13O3S. The summed E-state index contributed by atoms with van der Waals surface area (Å²) in [6.07, 6.45) is 14.8. The molecule has 0 fully saturated rings. The maximum Gasteiger partial charge on any atom is 0.273 e. The lowest BCUT2D eigenvalue weighted by atomic mass is 9.93. The van der Waals surface area contributed by atoms with Crippen LogP contribution in [0, 0.1) is 11.6 Å². The van der Waals surface area contributed by atoms with Crippen LogP contribution in [0.2, 0.25) is 0 Å². The SMILES string of the molecule is CCn1cc(-c2nc3c(-c4ccc(CNC(=O)c5cc(C(C)(C)C)on5)c(F)c4)c(Cn4cc(-c5nc6c(-c7ccc(CNC(=O)c8cc9c(s8)CCCC9)c(F)c7)ccnc6[nH]5)cn4)cnc3[nH]2)cn1. The molecule has 1 aliphatic carbocycles. The highest BCUT2D eigenvalue weighted by molar-refractivity contribution is 7.14. The van der Waals surface area contributed by atoms with E-state index in [0.717, 1.165) is 31.2 Å². The van der Waals surface area contributed by atoms with Crippen molar-refractivity contribution in [2.24, 2.45) is 0 Å². The van der Waals surface area contributed by atoms with E-state index in [1.165, 1.54) is 33.9 Å². The number of nitrogens with zero attached hydrogens (tertiary/aromatic N) is 9. The van der Waals surface area contributed by atoms with Crippen molar-refractivity contribution in [3.8, 4) is 45.0 Å². The number of pyridine rings is 2. The third kappa shape index (κ3) is 8.99. The molecular weight excluding hydrogens is 925 g/mol. The smallest absolute Gasteiger partial charge is 0.273 e. The number of nitrogens with one attached hydrogen (secondary N) is 4. The van der Waals surface area contributed by atoms with E-state index in [1.807, 2.05) is 52.2 Å². The molecule has 358 valence electrons. The highest BCUT2D eigenvalue weighted by Crippen LogP contribution is 2.35. The largest absolute Gasteiger partial charge is 0.360 e. The van der Waals surface area contributed by atoms with Crippen molar-refractivity contribution in [2.75, 3.05) is 0 Å². The summed E-state index contributed by atoms with van der Waals surface area (Å²) >= 11 is 1.53. The molecule has 0 aliphatic heterocycles. The van der Waals surface area contributed by atoms with Crippen LogP contribution in [0.5, 0.6) is 0 Å². The van der Waals surface area contributed by atoms with E-state index in [0.29, 0.717) is 90.1 Å². The van der Waals surface area contributed by atoms with E-state index >= 15 is 8.78 Å². The Hall–Kier alpha value is -8.19. The second-order valence-electron chi connectivity index (χ2n) is 18.7. The van der Waals surface area contributed by atoms with Crippen LogP contribution >= 0.6 is 11.3 Å². The third-order valence-corrected chi connectivity index (χ3v) is 14.0. The van der Waals surface area contributed by atoms with Crippen molar-refractivity contribution in [3.05, 3.63) is 147 Å². The van der Waals surface area contributed by atoms with Crippen molar-refractivity contribution in [3.63, 3.8) is 0 Å². The van der Waals surface area contributed by atoms with Crippen molar-refractivity contribution in [1.29, 1.82) is 0 Å². The molecule has 71 heavy (non-hydrogen) atoms. The average Bonchev–Trinajstić information content (AvgIpc) is 4.23. The number of rotatable bonds is 13. The van der Waals surface area contributed by atoms with Gasteiger partial charge in [0.25, 0.3) is 11.8 Å². The number of hydrogen-bond acceptors (Lipinski definition) is 11. The summed E-state index contributed by atoms with van der Waals surface area (Å²) in [7, 11) is 0. The number of aromatic amines is 2. The van der Waals surface area contributed by atoms with Gasteiger partial charge in [-0.25, -0.2) is 28.7 Å². The van der Waals surface area contributed by atoms with Crippen molar-refractivity contribution < 1.29 is 22.9 Å². The van der Waals surface area contributed by atoms with Crippen molar-refractivity contribution >= 4 is 45.5 Å². The lowest BCUT2D eigenvalue weighted by Gasteiger charge is -2.12. The molecule has 0 saturated heterocycles. The number of aromatic nitrogens is 11. The molecule has 8 heterocycles. The van der Waals surface area contributed by atoms with E-state index < -0.39 is 17.5 Å². The summed E-state index contributed by atoms with van der Waals surface area (Å²) in [5.74, 6) is -0.0193. The van der Waals surface area contributed by atoms with Gasteiger partial charge in [0.1, 0.15) is 40.1 Å². The van der Waals surface area contributed by atoms with E-state index in [4.69, 9.17) is 19.5 Å². The zero-order chi connectivity index (χ0) is 49.0. The lowest BCUT2D eigenvalue weighted by molar-refractivity contribution is 0.0937. The summed E-state index contributed by atoms with van der Waals surface area (Å²) in [4.78, 5) is 53.7. The second-order valence-corrected chi connectivity index (χ2v) is 19.8. The lowest BCUT2D eigenvalue weighted by Crippen LogP contribution is -2.23. The standard InChI is InChI=1S/C52H47F2N13O3S/c1-5-66-26-34(23-59-66)47-62-45-43(30-11-13-32(38(54)17-30)20-57-50(68)39-19-42(70-65-39)52(2,3)4)33(22-56-49(45)64-47)25-67-27-35(24-60-67)46-61-44-36(14-15-55-48(44)63-46)28-10-12-31(37(53)16-28)21-58-51(69)41-18-29-8-6-7-9-40(29)71-41/h10-19,22-24,26-27H,5-9,20-21,25H2,1-4H3,(H,57,68)(H,58,69)(H,55,61,63)(H,56,62,64). The topological polar surface area (TPSA) is 203 Å². The molecule has 0 spiro atoms. The molecule has 16 nitrogen and oxygen atoms in total. The number of aryl methyl sites for hydroxylation is 3. The normalized spacial score (nSPS) is 12.8. The number of benzene rings is 2. The summed E-state index contributed by atoms with van der Waals surface area (Å²) in [6, 6.07) is 15.2. The van der Waals surface area contributed by atoms with Crippen LogP contribution in [0.15, 0.2) is 96.3 Å². The molecule has 8 aromatic heterocycles. The van der Waals surface area contributed by atoms with Crippen LogP contribution in [-0.2, 0) is 44.4 Å². The van der Waals surface area contributed by atoms with Crippen molar-refractivity contribution in [1.82, 2.24) is 65.3 Å². The Balaban J connectivity index is 0.846. The minimum absolute atomic E-state index is 0.0600. The van der Waals surface area contributed by atoms with Gasteiger partial charge in [-0.05, 0) is 73.6 Å². The van der Waals surface area contributed by atoms with E-state index in [2.05, 4.69) is 40.9 Å². The summed E-state index contributed by atoms with van der Waals surface area (Å²) in [6.45, 7) is 8.75. The Morgan fingerprint density at radius 2 is 1.41 bits per heavy atom. The number of imidazole rings is 2. The first-order chi connectivity index (χ1) is 34.3. The number of H-pyrrole nitrogens is 2. The molecule has 0 bridgehead atoms. The second kappa shape index (κ2) is 18.3. The fourth-order valence-corrected chi connectivity index (χ4v) is 10.00. The fourth-order valence-electron chi connectivity index (χ4n) is 8.83. The zero-order valence-corrected chi connectivity index (χ0v) is 40.0. The predicted molar refractivity (Wildman–Crippen MR) is 264 cm³/mol. The molecule has 1 aliphatic rings. The molecule has 11 rings (SSSR count). The van der Waals surface area contributed by atoms with Gasteiger partial charge in [-0.2, -0.15) is 10.2 Å². The molecule has 10 aromatic rings. The molecule has 0 unspecified atom stereocenters. The first-order valence-electron chi connectivity index (χ1n) is 23.4. The fraction of sp³-hybridized carbons (Fsp3) is 0.250. The number of carbonyl (C=O) groups excluding carboxylic acids is 2. The Labute approximate surface area is 409 Å². The van der Waals surface area contributed by atoms with Gasteiger partial charge in [-0.3, -0.25) is 19.0 Å². The Morgan fingerprint density at radius 1 is 0.746 bits per heavy atom. The Morgan fingerprint density at radius 3 is 2.10 bits per heavy atom. The molecule has 2 amide bonds. The highest BCUT2D eigenvalue weighted by Gasteiger charge is 2.24. The Kier molecular flexibility index (Phi) is 11.7. The predicted octanol–water partition coefficient (Wildman–Crippen LogP) is 9.72. The van der Waals surface area contributed by atoms with Gasteiger partial charge in [-0.1, -0.05) is 50.2 Å². The number of halogens is 2. The molecule has 0 radical (unpaired) electrons. The highest BCUT2D eigenvalue weighted by atomic mass is 32.1. The number of thiophene rings is 1. The summed E-state index contributed by atoms with van der Waals surface area (Å²) in [5.41, 5.74) is 8.39. The van der Waals surface area contributed by atoms with Gasteiger partial charge in [0.2, 0.25) is 0 Å². The minimum atomic E-state index is -0.525. The van der Waals surface area contributed by atoms with Crippen LogP contribution in [-0.4, -0.2) is 66.4 Å². The van der Waals surface area contributed by atoms with Crippen LogP contribution in [0.1, 0.15) is 93.6 Å². The van der Waals surface area contributed by atoms with E-state index in [-0.39, 0.29) is 42.2 Å². The van der Waals surface area contributed by atoms with Gasteiger partial charge in [0, 0.05) is 88.6 Å². The van der Waals surface area contributed by atoms with Crippen LogP contribution < -0.4 is 10.6 Å². The van der Waals surface area contributed by atoms with Gasteiger partial charge < -0.3 is 25.1 Å². The Bertz CT molecular complexity index is 3640.